The van der Waals surface area contributed by atoms with Gasteiger partial charge in [0, 0.05) is 23.5 Å². The van der Waals surface area contributed by atoms with Crippen LogP contribution in [0.5, 0.6) is 0 Å². The molecular weight excluding hydrogens is 339 g/mol. The molecular formula is C16H20ClFN2O2S. The Morgan fingerprint density at radius 1 is 1.39 bits per heavy atom. The minimum absolute atomic E-state index is 0. The number of aromatic nitrogens is 1. The van der Waals surface area contributed by atoms with Gasteiger partial charge < -0.3 is 5.11 Å². The van der Waals surface area contributed by atoms with Crippen LogP contribution in [0.25, 0.3) is 10.6 Å². The van der Waals surface area contributed by atoms with Crippen LogP contribution in [0.1, 0.15) is 26.0 Å². The molecule has 0 bridgehead atoms. The normalized spacial score (nSPS) is 12.0. The highest BCUT2D eigenvalue weighted by atomic mass is 35.5. The Morgan fingerprint density at radius 3 is 2.61 bits per heavy atom. The lowest BCUT2D eigenvalue weighted by Gasteiger charge is -2.25. The van der Waals surface area contributed by atoms with E-state index in [4.69, 9.17) is 5.11 Å². The molecule has 0 radical (unpaired) electrons. The molecule has 1 N–H and O–H groups in total. The summed E-state index contributed by atoms with van der Waals surface area (Å²) in [6, 6.07) is 6.38. The third-order valence-corrected chi connectivity index (χ3v) is 4.50. The Hall–Kier alpha value is -1.50. The zero-order chi connectivity index (χ0) is 16.1. The van der Waals surface area contributed by atoms with Crippen molar-refractivity contribution in [3.05, 3.63) is 41.2 Å². The number of thiazole rings is 1. The largest absolute Gasteiger partial charge is 0.480 e. The van der Waals surface area contributed by atoms with E-state index >= 15 is 0 Å². The Morgan fingerprint density at radius 2 is 2.04 bits per heavy atom. The topological polar surface area (TPSA) is 53.4 Å². The van der Waals surface area contributed by atoms with Crippen molar-refractivity contribution in [2.45, 2.75) is 32.9 Å². The van der Waals surface area contributed by atoms with Gasteiger partial charge in [-0.3, -0.25) is 9.69 Å². The smallest absolute Gasteiger partial charge is 0.317 e. The predicted molar refractivity (Wildman–Crippen MR) is 92.6 cm³/mol. The summed E-state index contributed by atoms with van der Waals surface area (Å²) in [7, 11) is 0. The zero-order valence-corrected chi connectivity index (χ0v) is 14.7. The molecule has 1 unspecified atom stereocenters. The number of benzene rings is 1. The van der Waals surface area contributed by atoms with Gasteiger partial charge in [-0.15, -0.1) is 23.7 Å². The van der Waals surface area contributed by atoms with Crippen molar-refractivity contribution >= 4 is 29.7 Å². The lowest BCUT2D eigenvalue weighted by atomic mass is 10.2. The van der Waals surface area contributed by atoms with Crippen molar-refractivity contribution in [1.82, 2.24) is 9.88 Å². The van der Waals surface area contributed by atoms with Gasteiger partial charge >= 0.3 is 5.97 Å². The van der Waals surface area contributed by atoms with Crippen molar-refractivity contribution < 1.29 is 14.3 Å². The third-order valence-electron chi connectivity index (χ3n) is 3.56. The molecule has 4 nitrogen and oxygen atoms in total. The highest BCUT2D eigenvalue weighted by molar-refractivity contribution is 7.13. The van der Waals surface area contributed by atoms with Crippen molar-refractivity contribution in [2.24, 2.45) is 0 Å². The molecule has 23 heavy (non-hydrogen) atoms. The lowest BCUT2D eigenvalue weighted by Crippen LogP contribution is -2.36. The summed E-state index contributed by atoms with van der Waals surface area (Å²) in [5.74, 6) is -1.11. The predicted octanol–water partition coefficient (Wildman–Crippen LogP) is 4.06. The quantitative estimate of drug-likeness (QED) is 0.811. The number of hydrogen-bond donors (Lipinski definition) is 1. The van der Waals surface area contributed by atoms with Crippen LogP contribution in [0.3, 0.4) is 0 Å². The number of nitrogens with zero attached hydrogens (tertiary/aromatic N) is 2. The number of rotatable bonds is 7. The fourth-order valence-corrected chi connectivity index (χ4v) is 2.93. The molecule has 1 aromatic carbocycles. The van der Waals surface area contributed by atoms with E-state index in [2.05, 4.69) is 4.98 Å². The molecule has 1 aromatic heterocycles. The van der Waals surface area contributed by atoms with E-state index in [9.17, 15) is 9.18 Å². The number of hydrogen-bond acceptors (Lipinski definition) is 4. The van der Waals surface area contributed by atoms with Crippen LogP contribution in [0.2, 0.25) is 0 Å². The Balaban J connectivity index is 0.00000264. The van der Waals surface area contributed by atoms with E-state index in [1.165, 1.54) is 23.5 Å². The van der Waals surface area contributed by atoms with E-state index < -0.39 is 5.97 Å². The monoisotopic (exact) mass is 358 g/mol. The van der Waals surface area contributed by atoms with Crippen LogP contribution < -0.4 is 0 Å². The van der Waals surface area contributed by atoms with Crippen molar-refractivity contribution in [1.29, 1.82) is 0 Å². The average molecular weight is 359 g/mol. The van der Waals surface area contributed by atoms with E-state index in [-0.39, 0.29) is 30.8 Å². The molecule has 0 aliphatic heterocycles. The summed E-state index contributed by atoms with van der Waals surface area (Å²) >= 11 is 1.48. The first-order valence-electron chi connectivity index (χ1n) is 7.15. The minimum atomic E-state index is -0.839. The summed E-state index contributed by atoms with van der Waals surface area (Å²) in [6.07, 6.45) is 0.877. The van der Waals surface area contributed by atoms with Gasteiger partial charge in [0.1, 0.15) is 10.8 Å². The molecule has 0 spiro atoms. The molecule has 0 saturated heterocycles. The first-order valence-corrected chi connectivity index (χ1v) is 8.03. The van der Waals surface area contributed by atoms with Gasteiger partial charge in [-0.05, 0) is 37.6 Å². The van der Waals surface area contributed by atoms with Gasteiger partial charge in [-0.25, -0.2) is 9.37 Å². The number of carbonyl (C=O) groups is 1. The molecule has 0 aliphatic rings. The maximum atomic E-state index is 12.9. The fraction of sp³-hybridized carbons (Fsp3) is 0.375. The zero-order valence-electron chi connectivity index (χ0n) is 13.0. The summed E-state index contributed by atoms with van der Waals surface area (Å²) in [5.41, 5.74) is 1.71. The summed E-state index contributed by atoms with van der Waals surface area (Å²) in [6.45, 7) is 4.54. The summed E-state index contributed by atoms with van der Waals surface area (Å²) in [5, 5.41) is 11.8. The molecule has 2 rings (SSSR count). The highest BCUT2D eigenvalue weighted by Gasteiger charge is 2.17. The second-order valence-electron chi connectivity index (χ2n) is 5.21. The Kier molecular flexibility index (Phi) is 7.61. The fourth-order valence-electron chi connectivity index (χ4n) is 2.11. The molecule has 0 aliphatic carbocycles. The Bertz CT molecular complexity index is 633. The van der Waals surface area contributed by atoms with E-state index in [1.54, 1.807) is 12.1 Å². The highest BCUT2D eigenvalue weighted by Crippen LogP contribution is 2.24. The number of halogens is 2. The molecule has 2 aromatic rings. The minimum Gasteiger partial charge on any atom is -0.480 e. The average Bonchev–Trinajstić information content (AvgIpc) is 2.94. The molecule has 7 heteroatoms. The number of aliphatic carboxylic acids is 1. The van der Waals surface area contributed by atoms with Gasteiger partial charge in [0.25, 0.3) is 0 Å². The van der Waals surface area contributed by atoms with Crippen LogP contribution >= 0.6 is 23.7 Å². The van der Waals surface area contributed by atoms with Crippen LogP contribution in [0, 0.1) is 5.82 Å². The van der Waals surface area contributed by atoms with Crippen LogP contribution in [-0.4, -0.2) is 33.5 Å². The standard InChI is InChI=1S/C16H19FN2O2S.ClH/c1-3-11(2)19(9-15(20)21)8-14-10-22-16(18-14)12-4-6-13(17)7-5-12;/h4-7,10-11H,3,8-9H2,1-2H3,(H,20,21);1H. The SMILES string of the molecule is CCC(C)N(CC(=O)O)Cc1csc(-c2ccc(F)cc2)n1.Cl. The van der Waals surface area contributed by atoms with Crippen LogP contribution in [0.4, 0.5) is 4.39 Å². The second kappa shape index (κ2) is 8.96. The number of carboxylic acids is 1. The van der Waals surface area contributed by atoms with Crippen LogP contribution in [-0.2, 0) is 11.3 Å². The van der Waals surface area contributed by atoms with E-state index in [1.807, 2.05) is 24.1 Å². The first-order chi connectivity index (χ1) is 10.5. The molecule has 126 valence electrons. The molecule has 1 heterocycles. The van der Waals surface area contributed by atoms with Gasteiger partial charge in [-0.1, -0.05) is 6.92 Å². The van der Waals surface area contributed by atoms with Gasteiger partial charge in [0.15, 0.2) is 0 Å². The molecule has 1 atom stereocenters. The Labute approximate surface area is 145 Å². The van der Waals surface area contributed by atoms with E-state index in [0.717, 1.165) is 22.7 Å². The number of carboxylic acid groups (broad SMARTS) is 1. The lowest BCUT2D eigenvalue weighted by molar-refractivity contribution is -0.139. The summed E-state index contributed by atoms with van der Waals surface area (Å²) < 4.78 is 12.9. The molecule has 0 saturated carbocycles. The third kappa shape index (κ3) is 5.57. The van der Waals surface area contributed by atoms with Gasteiger partial charge in [0.2, 0.25) is 0 Å². The second-order valence-corrected chi connectivity index (χ2v) is 6.06. The van der Waals surface area contributed by atoms with Crippen molar-refractivity contribution in [2.75, 3.05) is 6.54 Å². The summed E-state index contributed by atoms with van der Waals surface area (Å²) in [4.78, 5) is 17.4. The van der Waals surface area contributed by atoms with Crippen molar-refractivity contribution in [3.8, 4) is 10.6 Å². The maximum Gasteiger partial charge on any atom is 0.317 e. The van der Waals surface area contributed by atoms with Gasteiger partial charge in [-0.2, -0.15) is 0 Å². The van der Waals surface area contributed by atoms with E-state index in [0.29, 0.717) is 6.54 Å². The van der Waals surface area contributed by atoms with Crippen molar-refractivity contribution in [3.63, 3.8) is 0 Å². The maximum absolute atomic E-state index is 12.9. The van der Waals surface area contributed by atoms with Gasteiger partial charge in [0.05, 0.1) is 12.2 Å². The van der Waals surface area contributed by atoms with Crippen LogP contribution in [0.15, 0.2) is 29.6 Å². The molecule has 0 amide bonds. The molecule has 0 fully saturated rings. The first kappa shape index (κ1) is 19.5.